The molecular formula is C19H11ClO3. The third-order valence-corrected chi connectivity index (χ3v) is 3.98. The highest BCUT2D eigenvalue weighted by Crippen LogP contribution is 2.33. The van der Waals surface area contributed by atoms with E-state index in [1.54, 1.807) is 12.1 Å². The molecule has 0 amide bonds. The molecule has 0 radical (unpaired) electrons. The number of rotatable bonds is 2. The molecule has 2 aromatic carbocycles. The first-order valence-corrected chi connectivity index (χ1v) is 7.48. The summed E-state index contributed by atoms with van der Waals surface area (Å²) in [6.07, 6.45) is 1.71. The zero-order valence-corrected chi connectivity index (χ0v) is 12.7. The van der Waals surface area contributed by atoms with Gasteiger partial charge in [0.05, 0.1) is 10.6 Å². The Morgan fingerprint density at radius 2 is 1.52 bits per heavy atom. The summed E-state index contributed by atoms with van der Waals surface area (Å²) < 4.78 is 11.1. The Balaban J connectivity index is 1.72. The van der Waals surface area contributed by atoms with Gasteiger partial charge in [0, 0.05) is 17.2 Å². The third kappa shape index (κ3) is 2.45. The molecular weight excluding hydrogens is 312 g/mol. The molecule has 0 bridgehead atoms. The van der Waals surface area contributed by atoms with Crippen LogP contribution in [0.25, 0.3) is 23.2 Å². The van der Waals surface area contributed by atoms with Crippen molar-refractivity contribution in [2.45, 2.75) is 0 Å². The fourth-order valence-corrected chi connectivity index (χ4v) is 2.79. The fourth-order valence-electron chi connectivity index (χ4n) is 2.56. The molecule has 3 aromatic rings. The van der Waals surface area contributed by atoms with Crippen molar-refractivity contribution >= 4 is 29.4 Å². The second-order valence-corrected chi connectivity index (χ2v) is 5.53. The second-order valence-electron chi connectivity index (χ2n) is 5.13. The van der Waals surface area contributed by atoms with Crippen molar-refractivity contribution in [1.82, 2.24) is 0 Å². The quantitative estimate of drug-likeness (QED) is 0.603. The van der Waals surface area contributed by atoms with Crippen LogP contribution in [0.1, 0.15) is 21.7 Å². The summed E-state index contributed by atoms with van der Waals surface area (Å²) in [5.41, 5.74) is 2.16. The van der Waals surface area contributed by atoms with E-state index in [1.807, 2.05) is 54.6 Å². The summed E-state index contributed by atoms with van der Waals surface area (Å²) in [7, 11) is 0. The molecule has 23 heavy (non-hydrogen) atoms. The number of carbonyl (C=O) groups excluding carboxylic acids is 1. The lowest BCUT2D eigenvalue weighted by atomic mass is 10.1. The summed E-state index contributed by atoms with van der Waals surface area (Å²) in [6.45, 7) is 0. The molecule has 0 saturated carbocycles. The number of hydrogen-bond acceptors (Lipinski definition) is 3. The first-order chi connectivity index (χ1) is 11.2. The third-order valence-electron chi connectivity index (χ3n) is 3.65. The van der Waals surface area contributed by atoms with Gasteiger partial charge in [-0.25, -0.2) is 4.79 Å². The zero-order chi connectivity index (χ0) is 15.8. The highest BCUT2D eigenvalue weighted by molar-refractivity contribution is 6.33. The number of carbonyl (C=O) groups is 1. The molecule has 1 aromatic heterocycles. The van der Waals surface area contributed by atoms with E-state index in [2.05, 4.69) is 0 Å². The Hall–Kier alpha value is -2.78. The smallest absolute Gasteiger partial charge is 0.344 e. The average Bonchev–Trinajstić information content (AvgIpc) is 3.14. The first kappa shape index (κ1) is 13.9. The van der Waals surface area contributed by atoms with Gasteiger partial charge in [0.1, 0.15) is 17.3 Å². The summed E-state index contributed by atoms with van der Waals surface area (Å²) in [4.78, 5) is 11.8. The van der Waals surface area contributed by atoms with Crippen LogP contribution < -0.4 is 0 Å². The van der Waals surface area contributed by atoms with Crippen LogP contribution in [0, 0.1) is 0 Å². The molecule has 0 unspecified atom stereocenters. The molecule has 1 aliphatic heterocycles. The monoisotopic (exact) mass is 322 g/mol. The molecule has 0 saturated heterocycles. The van der Waals surface area contributed by atoms with E-state index in [0.717, 1.165) is 11.1 Å². The van der Waals surface area contributed by atoms with Crippen LogP contribution >= 0.6 is 11.6 Å². The van der Waals surface area contributed by atoms with Gasteiger partial charge in [-0.05, 0) is 30.3 Å². The maximum Gasteiger partial charge on any atom is 0.344 e. The van der Waals surface area contributed by atoms with E-state index in [9.17, 15) is 4.79 Å². The maximum absolute atomic E-state index is 11.8. The summed E-state index contributed by atoms with van der Waals surface area (Å²) >= 11 is 6.18. The Morgan fingerprint density at radius 1 is 0.826 bits per heavy atom. The van der Waals surface area contributed by atoms with Gasteiger partial charge in [0.15, 0.2) is 0 Å². The Bertz CT molecular complexity index is 937. The minimum Gasteiger partial charge on any atom is -0.457 e. The Kier molecular flexibility index (Phi) is 3.28. The minimum absolute atomic E-state index is 0.343. The van der Waals surface area contributed by atoms with Crippen LogP contribution in [0.5, 0.6) is 0 Å². The van der Waals surface area contributed by atoms with Crippen molar-refractivity contribution in [1.29, 1.82) is 0 Å². The number of halogens is 1. The lowest BCUT2D eigenvalue weighted by Gasteiger charge is -1.99. The van der Waals surface area contributed by atoms with Gasteiger partial charge < -0.3 is 9.15 Å². The molecule has 0 fully saturated rings. The molecule has 4 rings (SSSR count). The maximum atomic E-state index is 11.8. The summed E-state index contributed by atoms with van der Waals surface area (Å²) in [5, 5.41) is 0.624. The van der Waals surface area contributed by atoms with Gasteiger partial charge in [-0.1, -0.05) is 41.9 Å². The molecule has 1 aliphatic rings. The minimum atomic E-state index is -0.343. The van der Waals surface area contributed by atoms with Gasteiger partial charge in [-0.3, -0.25) is 0 Å². The van der Waals surface area contributed by atoms with Crippen LogP contribution in [0.15, 0.2) is 65.1 Å². The van der Waals surface area contributed by atoms with E-state index in [0.29, 0.717) is 27.9 Å². The van der Waals surface area contributed by atoms with Crippen molar-refractivity contribution < 1.29 is 13.9 Å². The number of ether oxygens (including phenoxy) is 1. The second kappa shape index (κ2) is 5.45. The van der Waals surface area contributed by atoms with Crippen LogP contribution in [0.2, 0.25) is 5.02 Å². The number of benzene rings is 2. The zero-order valence-electron chi connectivity index (χ0n) is 12.0. The number of furan rings is 1. The average molecular weight is 323 g/mol. The van der Waals surface area contributed by atoms with Crippen LogP contribution in [-0.2, 0) is 4.74 Å². The van der Waals surface area contributed by atoms with Crippen LogP contribution in [-0.4, -0.2) is 5.97 Å². The van der Waals surface area contributed by atoms with Crippen LogP contribution in [0.4, 0.5) is 0 Å². The number of hydrogen-bond donors (Lipinski definition) is 0. The highest BCUT2D eigenvalue weighted by atomic mass is 35.5. The van der Waals surface area contributed by atoms with E-state index < -0.39 is 0 Å². The van der Waals surface area contributed by atoms with Gasteiger partial charge in [0.25, 0.3) is 0 Å². The molecule has 0 aliphatic carbocycles. The topological polar surface area (TPSA) is 39.4 Å². The first-order valence-electron chi connectivity index (χ1n) is 7.10. The number of cyclic esters (lactones) is 1. The van der Waals surface area contributed by atoms with Crippen molar-refractivity contribution in [3.63, 3.8) is 0 Å². The molecule has 0 atom stereocenters. The van der Waals surface area contributed by atoms with Crippen molar-refractivity contribution in [3.05, 3.63) is 82.6 Å². The molecule has 4 heteroatoms. The largest absolute Gasteiger partial charge is 0.457 e. The van der Waals surface area contributed by atoms with Gasteiger partial charge >= 0.3 is 5.97 Å². The predicted octanol–water partition coefficient (Wildman–Crippen LogP) is 5.27. The van der Waals surface area contributed by atoms with Gasteiger partial charge in [0.2, 0.25) is 0 Å². The van der Waals surface area contributed by atoms with Crippen molar-refractivity contribution in [3.8, 4) is 11.3 Å². The summed E-state index contributed by atoms with van der Waals surface area (Å²) in [6, 6.07) is 18.4. The Morgan fingerprint density at radius 3 is 2.30 bits per heavy atom. The van der Waals surface area contributed by atoms with E-state index in [-0.39, 0.29) is 5.97 Å². The Labute approximate surface area is 137 Å². The molecule has 2 heterocycles. The highest BCUT2D eigenvalue weighted by Gasteiger charge is 2.25. The fraction of sp³-hybridized carbons (Fsp3) is 0. The predicted molar refractivity (Wildman–Crippen MR) is 88.9 cm³/mol. The van der Waals surface area contributed by atoms with E-state index >= 15 is 0 Å². The molecule has 3 nitrogen and oxygen atoms in total. The SMILES string of the molecule is O=C1OC(=Cc2ccc(-c3ccccc3Cl)o2)c2ccccc21. The van der Waals surface area contributed by atoms with Crippen molar-refractivity contribution in [2.24, 2.45) is 0 Å². The normalized spacial score (nSPS) is 14.8. The van der Waals surface area contributed by atoms with E-state index in [4.69, 9.17) is 20.8 Å². The summed E-state index contributed by atoms with van der Waals surface area (Å²) in [5.74, 6) is 1.41. The molecule has 0 N–H and O–H groups in total. The molecule has 112 valence electrons. The molecule has 0 spiro atoms. The van der Waals surface area contributed by atoms with Gasteiger partial charge in [-0.15, -0.1) is 0 Å². The lowest BCUT2D eigenvalue weighted by molar-refractivity contribution is 0.0717. The van der Waals surface area contributed by atoms with Crippen LogP contribution in [0.3, 0.4) is 0 Å². The van der Waals surface area contributed by atoms with Gasteiger partial charge in [-0.2, -0.15) is 0 Å². The van der Waals surface area contributed by atoms with E-state index in [1.165, 1.54) is 0 Å². The lowest BCUT2D eigenvalue weighted by Crippen LogP contribution is -1.92. The number of esters is 1. The number of fused-ring (bicyclic) bond motifs is 1. The standard InChI is InChI=1S/C19H11ClO3/c20-16-8-4-3-7-15(16)17-10-9-12(22-17)11-18-13-5-1-2-6-14(13)19(21)23-18/h1-11H. The van der Waals surface area contributed by atoms with Crippen molar-refractivity contribution in [2.75, 3.05) is 0 Å².